The van der Waals surface area contributed by atoms with Gasteiger partial charge in [0.15, 0.2) is 0 Å². The van der Waals surface area contributed by atoms with E-state index < -0.39 is 17.3 Å². The number of pyridine rings is 1. The van der Waals surface area contributed by atoms with E-state index in [9.17, 15) is 18.0 Å². The summed E-state index contributed by atoms with van der Waals surface area (Å²) in [5.74, 6) is 0.566. The number of benzene rings is 3. The number of rotatable bonds is 2. The first-order valence-corrected chi connectivity index (χ1v) is 10.3. The Morgan fingerprint density at radius 1 is 0.969 bits per heavy atom. The van der Waals surface area contributed by atoms with Crippen LogP contribution in [-0.2, 0) is 18.0 Å². The number of hydrogen-bond donors (Lipinski definition) is 0. The SMILES string of the molecule is Cc1cccc2c(-c3c(C(F)(F)F)c4cc(C5=CCCO5)ccc4n(C)c3=O)cccc12. The lowest BCUT2D eigenvalue weighted by atomic mass is 9.91. The summed E-state index contributed by atoms with van der Waals surface area (Å²) in [6.07, 6.45) is -2.14. The lowest BCUT2D eigenvalue weighted by molar-refractivity contribution is -0.135. The van der Waals surface area contributed by atoms with Crippen molar-refractivity contribution in [3.63, 3.8) is 0 Å². The van der Waals surface area contributed by atoms with Crippen LogP contribution in [-0.4, -0.2) is 11.2 Å². The van der Waals surface area contributed by atoms with E-state index in [1.165, 1.54) is 17.7 Å². The first kappa shape index (κ1) is 20.4. The summed E-state index contributed by atoms with van der Waals surface area (Å²) >= 11 is 0. The molecule has 4 aromatic rings. The minimum absolute atomic E-state index is 0.0202. The van der Waals surface area contributed by atoms with Gasteiger partial charge in [0.2, 0.25) is 0 Å². The largest absolute Gasteiger partial charge is 0.493 e. The molecule has 0 fully saturated rings. The molecule has 6 heteroatoms. The van der Waals surface area contributed by atoms with Crippen molar-refractivity contribution in [3.8, 4) is 11.1 Å². The number of aryl methyl sites for hydroxylation is 2. The van der Waals surface area contributed by atoms with E-state index in [1.807, 2.05) is 25.1 Å². The summed E-state index contributed by atoms with van der Waals surface area (Å²) in [7, 11) is 1.51. The minimum atomic E-state index is -4.73. The van der Waals surface area contributed by atoms with Gasteiger partial charge < -0.3 is 9.30 Å². The molecule has 1 aliphatic rings. The van der Waals surface area contributed by atoms with Crippen molar-refractivity contribution < 1.29 is 17.9 Å². The van der Waals surface area contributed by atoms with Gasteiger partial charge in [-0.1, -0.05) is 36.4 Å². The molecule has 0 bridgehead atoms. The molecule has 0 atom stereocenters. The van der Waals surface area contributed by atoms with Gasteiger partial charge in [-0.15, -0.1) is 0 Å². The van der Waals surface area contributed by atoms with Crippen LogP contribution in [0.5, 0.6) is 0 Å². The van der Waals surface area contributed by atoms with Crippen molar-refractivity contribution in [1.82, 2.24) is 4.57 Å². The monoisotopic (exact) mass is 435 g/mol. The maximum Gasteiger partial charge on any atom is 0.417 e. The highest BCUT2D eigenvalue weighted by Gasteiger charge is 2.38. The lowest BCUT2D eigenvalue weighted by Crippen LogP contribution is -2.25. The predicted molar refractivity (Wildman–Crippen MR) is 120 cm³/mol. The fourth-order valence-electron chi connectivity index (χ4n) is 4.55. The van der Waals surface area contributed by atoms with Gasteiger partial charge in [0.1, 0.15) is 5.76 Å². The number of alkyl halides is 3. The van der Waals surface area contributed by atoms with Crippen LogP contribution in [0.1, 0.15) is 23.1 Å². The van der Waals surface area contributed by atoms with E-state index in [1.54, 1.807) is 36.4 Å². The summed E-state index contributed by atoms with van der Waals surface area (Å²) in [5.41, 5.74) is 0.0877. The summed E-state index contributed by atoms with van der Waals surface area (Å²) in [5, 5.41) is 1.42. The third-order valence-corrected chi connectivity index (χ3v) is 6.08. The Morgan fingerprint density at radius 2 is 1.72 bits per heavy atom. The first-order valence-electron chi connectivity index (χ1n) is 10.3. The van der Waals surface area contributed by atoms with Gasteiger partial charge in [0.25, 0.3) is 5.56 Å². The summed E-state index contributed by atoms with van der Waals surface area (Å²) in [6, 6.07) is 15.3. The van der Waals surface area contributed by atoms with E-state index in [4.69, 9.17) is 4.74 Å². The van der Waals surface area contributed by atoms with Crippen LogP contribution in [0, 0.1) is 6.92 Å². The molecule has 2 heterocycles. The van der Waals surface area contributed by atoms with Crippen LogP contribution in [0.4, 0.5) is 13.2 Å². The molecule has 5 rings (SSSR count). The molecule has 1 aliphatic heterocycles. The Bertz CT molecular complexity index is 1480. The molecular weight excluding hydrogens is 415 g/mol. The summed E-state index contributed by atoms with van der Waals surface area (Å²) < 4.78 is 50.6. The van der Waals surface area contributed by atoms with Crippen LogP contribution in [0.15, 0.2) is 65.5 Å². The normalized spacial score (nSPS) is 14.1. The standard InChI is InChI=1S/C26H20F3NO2/c1-15-6-3-8-18-17(15)7-4-9-19(18)23-24(26(27,28)29)20-14-16(22-10-5-13-32-22)11-12-21(20)30(2)25(23)31/h3-4,6-12,14H,5,13H2,1-2H3. The highest BCUT2D eigenvalue weighted by Crippen LogP contribution is 2.42. The van der Waals surface area contributed by atoms with Crippen LogP contribution in [0.25, 0.3) is 38.6 Å². The van der Waals surface area contributed by atoms with Gasteiger partial charge in [0.05, 0.1) is 23.3 Å². The van der Waals surface area contributed by atoms with Crippen LogP contribution in [0.3, 0.4) is 0 Å². The number of nitrogens with zero attached hydrogens (tertiary/aromatic N) is 1. The minimum Gasteiger partial charge on any atom is -0.493 e. The van der Waals surface area contributed by atoms with Gasteiger partial charge in [-0.3, -0.25) is 4.79 Å². The van der Waals surface area contributed by atoms with Crippen LogP contribution >= 0.6 is 0 Å². The van der Waals surface area contributed by atoms with Gasteiger partial charge in [-0.25, -0.2) is 0 Å². The van der Waals surface area contributed by atoms with Gasteiger partial charge in [-0.2, -0.15) is 13.2 Å². The van der Waals surface area contributed by atoms with Crippen molar-refractivity contribution in [2.75, 3.05) is 6.61 Å². The third-order valence-electron chi connectivity index (χ3n) is 6.08. The second-order valence-electron chi connectivity index (χ2n) is 8.02. The van der Waals surface area contributed by atoms with Crippen molar-refractivity contribution in [1.29, 1.82) is 0 Å². The maximum atomic E-state index is 14.6. The van der Waals surface area contributed by atoms with Crippen molar-refractivity contribution in [2.45, 2.75) is 19.5 Å². The molecule has 3 aromatic carbocycles. The topological polar surface area (TPSA) is 31.2 Å². The van der Waals surface area contributed by atoms with Crippen molar-refractivity contribution in [3.05, 3.63) is 87.7 Å². The summed E-state index contributed by atoms with van der Waals surface area (Å²) in [6.45, 7) is 2.41. The highest BCUT2D eigenvalue weighted by molar-refractivity contribution is 6.01. The van der Waals surface area contributed by atoms with E-state index in [0.29, 0.717) is 29.7 Å². The number of ether oxygens (including phenoxy) is 1. The summed E-state index contributed by atoms with van der Waals surface area (Å²) in [4.78, 5) is 13.3. The Hall–Kier alpha value is -3.54. The van der Waals surface area contributed by atoms with Crippen molar-refractivity contribution >= 4 is 27.4 Å². The van der Waals surface area contributed by atoms with E-state index in [0.717, 1.165) is 10.9 Å². The second-order valence-corrected chi connectivity index (χ2v) is 8.02. The second kappa shape index (κ2) is 7.26. The quantitative estimate of drug-likeness (QED) is 0.362. The predicted octanol–water partition coefficient (Wildman–Crippen LogP) is 6.45. The number of aromatic nitrogens is 1. The Morgan fingerprint density at radius 3 is 2.44 bits per heavy atom. The first-order chi connectivity index (χ1) is 15.3. The zero-order chi connectivity index (χ0) is 22.6. The van der Waals surface area contributed by atoms with Crippen molar-refractivity contribution in [2.24, 2.45) is 7.05 Å². The number of fused-ring (bicyclic) bond motifs is 2. The fraction of sp³-hybridized carbons (Fsp3) is 0.192. The average molecular weight is 435 g/mol. The van der Waals surface area contributed by atoms with Crippen LogP contribution in [0.2, 0.25) is 0 Å². The fourth-order valence-corrected chi connectivity index (χ4v) is 4.55. The van der Waals surface area contributed by atoms with E-state index in [2.05, 4.69) is 0 Å². The molecule has 0 amide bonds. The van der Waals surface area contributed by atoms with Crippen LogP contribution < -0.4 is 5.56 Å². The molecule has 0 aliphatic carbocycles. The molecule has 32 heavy (non-hydrogen) atoms. The lowest BCUT2D eigenvalue weighted by Gasteiger charge is -2.20. The molecule has 162 valence electrons. The third kappa shape index (κ3) is 3.09. The molecule has 0 saturated carbocycles. The Kier molecular flexibility index (Phi) is 4.62. The highest BCUT2D eigenvalue weighted by atomic mass is 19.4. The smallest absolute Gasteiger partial charge is 0.417 e. The molecule has 3 nitrogen and oxygen atoms in total. The molecule has 0 saturated heterocycles. The molecule has 0 N–H and O–H groups in total. The molecule has 0 unspecified atom stereocenters. The number of halogens is 3. The molecule has 1 aromatic heterocycles. The Balaban J connectivity index is 1.95. The number of hydrogen-bond acceptors (Lipinski definition) is 2. The Labute approximate surface area is 182 Å². The van der Waals surface area contributed by atoms with E-state index in [-0.39, 0.29) is 22.0 Å². The van der Waals surface area contributed by atoms with Gasteiger partial charge >= 0.3 is 6.18 Å². The van der Waals surface area contributed by atoms with Gasteiger partial charge in [0, 0.05) is 24.4 Å². The molecular formula is C26H20F3NO2. The zero-order valence-electron chi connectivity index (χ0n) is 17.6. The maximum absolute atomic E-state index is 14.6. The van der Waals surface area contributed by atoms with Gasteiger partial charge in [-0.05, 0) is 53.1 Å². The zero-order valence-corrected chi connectivity index (χ0v) is 17.6. The average Bonchev–Trinajstić information content (AvgIpc) is 3.30. The molecule has 0 spiro atoms. The van der Waals surface area contributed by atoms with E-state index >= 15 is 0 Å². The molecule has 0 radical (unpaired) electrons.